The van der Waals surface area contributed by atoms with Crippen LogP contribution in [0.25, 0.3) is 0 Å². The molecule has 2 unspecified atom stereocenters. The third-order valence-corrected chi connectivity index (χ3v) is 5.99. The zero-order chi connectivity index (χ0) is 17.0. The van der Waals surface area contributed by atoms with Gasteiger partial charge in [-0.3, -0.25) is 9.59 Å². The van der Waals surface area contributed by atoms with Gasteiger partial charge in [0.1, 0.15) is 5.41 Å². The number of hydrogen-bond acceptors (Lipinski definition) is 3. The molecule has 1 N–H and O–H groups in total. The van der Waals surface area contributed by atoms with Gasteiger partial charge >= 0.3 is 5.97 Å². The largest absolute Gasteiger partial charge is 0.480 e. The number of ketones is 1. The molecule has 0 amide bonds. The lowest BCUT2D eigenvalue weighted by atomic mass is 9.73. The molecule has 3 nitrogen and oxygen atoms in total. The van der Waals surface area contributed by atoms with Crippen molar-refractivity contribution in [2.24, 2.45) is 11.3 Å². The number of aliphatic carboxylic acids is 1. The van der Waals surface area contributed by atoms with Crippen molar-refractivity contribution in [3.8, 4) is 0 Å². The van der Waals surface area contributed by atoms with E-state index in [-0.39, 0.29) is 18.1 Å². The second-order valence-corrected chi connectivity index (χ2v) is 7.32. The lowest BCUT2D eigenvalue weighted by Crippen LogP contribution is -2.43. The van der Waals surface area contributed by atoms with E-state index >= 15 is 0 Å². The van der Waals surface area contributed by atoms with E-state index in [9.17, 15) is 14.7 Å². The van der Waals surface area contributed by atoms with Gasteiger partial charge in [-0.2, -0.15) is 0 Å². The second kappa shape index (κ2) is 7.22. The molecule has 1 fully saturated rings. The Hall–Kier alpha value is -2.07. The van der Waals surface area contributed by atoms with E-state index in [0.29, 0.717) is 18.6 Å². The standard InChI is InChI=1S/C20H20O3S/c21-18-12-11-16(14-24-17-9-5-2-6-10-17)20(18,19(22)23)13-15-7-3-1-4-8-15/h1-10,16H,11-14H2,(H,22,23). The number of benzene rings is 2. The fraction of sp³-hybridized carbons (Fsp3) is 0.300. The number of carbonyl (C=O) groups excluding carboxylic acids is 1. The normalized spacial score (nSPS) is 23.3. The monoisotopic (exact) mass is 340 g/mol. The highest BCUT2D eigenvalue weighted by atomic mass is 32.2. The fourth-order valence-corrected chi connectivity index (χ4v) is 4.67. The highest BCUT2D eigenvalue weighted by Crippen LogP contribution is 2.45. The summed E-state index contributed by atoms with van der Waals surface area (Å²) in [6, 6.07) is 19.4. The van der Waals surface area contributed by atoms with E-state index in [4.69, 9.17) is 0 Å². The Morgan fingerprint density at radius 1 is 1.08 bits per heavy atom. The number of Topliss-reactive ketones (excluding diaryl/α,β-unsaturated/α-hetero) is 1. The molecule has 124 valence electrons. The first kappa shape index (κ1) is 16.8. The van der Waals surface area contributed by atoms with Gasteiger partial charge in [-0.1, -0.05) is 48.5 Å². The molecule has 24 heavy (non-hydrogen) atoms. The van der Waals surface area contributed by atoms with Crippen molar-refractivity contribution in [2.75, 3.05) is 5.75 Å². The molecule has 0 bridgehead atoms. The highest BCUT2D eigenvalue weighted by Gasteiger charge is 2.55. The summed E-state index contributed by atoms with van der Waals surface area (Å²) in [5.74, 6) is -0.604. The molecule has 0 radical (unpaired) electrons. The summed E-state index contributed by atoms with van der Waals surface area (Å²) in [5.41, 5.74) is -0.381. The Bertz CT molecular complexity index is 714. The second-order valence-electron chi connectivity index (χ2n) is 6.22. The van der Waals surface area contributed by atoms with E-state index in [2.05, 4.69) is 0 Å². The Morgan fingerprint density at radius 2 is 1.71 bits per heavy atom. The molecule has 0 aromatic heterocycles. The van der Waals surface area contributed by atoms with Crippen LogP contribution < -0.4 is 0 Å². The summed E-state index contributed by atoms with van der Waals surface area (Å²) in [6.07, 6.45) is 1.29. The van der Waals surface area contributed by atoms with Crippen LogP contribution in [0, 0.1) is 11.3 Å². The summed E-state index contributed by atoms with van der Waals surface area (Å²) in [4.78, 5) is 25.8. The van der Waals surface area contributed by atoms with Gasteiger partial charge in [-0.25, -0.2) is 0 Å². The van der Waals surface area contributed by atoms with Crippen molar-refractivity contribution in [3.05, 3.63) is 66.2 Å². The Morgan fingerprint density at radius 3 is 2.33 bits per heavy atom. The molecule has 0 saturated heterocycles. The number of carboxylic acids is 1. The molecule has 2 aromatic rings. The lowest BCUT2D eigenvalue weighted by molar-refractivity contribution is -0.155. The molecular weight excluding hydrogens is 320 g/mol. The van der Waals surface area contributed by atoms with Crippen LogP contribution in [0.4, 0.5) is 0 Å². The van der Waals surface area contributed by atoms with E-state index in [1.807, 2.05) is 60.7 Å². The van der Waals surface area contributed by atoms with Crippen LogP contribution >= 0.6 is 11.8 Å². The van der Waals surface area contributed by atoms with Gasteiger partial charge < -0.3 is 5.11 Å². The van der Waals surface area contributed by atoms with E-state index in [1.165, 1.54) is 0 Å². The summed E-state index contributed by atoms with van der Waals surface area (Å²) in [5, 5.41) is 9.93. The van der Waals surface area contributed by atoms with Crippen LogP contribution in [0.5, 0.6) is 0 Å². The van der Waals surface area contributed by atoms with Gasteiger partial charge in [0.15, 0.2) is 5.78 Å². The molecule has 2 aromatic carbocycles. The van der Waals surface area contributed by atoms with Crippen LogP contribution in [-0.2, 0) is 16.0 Å². The smallest absolute Gasteiger partial charge is 0.317 e. The minimum absolute atomic E-state index is 0.127. The number of carboxylic acid groups (broad SMARTS) is 1. The minimum Gasteiger partial charge on any atom is -0.480 e. The Labute approximate surface area is 146 Å². The van der Waals surface area contributed by atoms with Crippen molar-refractivity contribution in [1.29, 1.82) is 0 Å². The summed E-state index contributed by atoms with van der Waals surface area (Å²) < 4.78 is 0. The van der Waals surface area contributed by atoms with Gasteiger partial charge in [-0.15, -0.1) is 11.8 Å². The molecule has 1 saturated carbocycles. The average Bonchev–Trinajstić information content (AvgIpc) is 2.92. The number of thioether (sulfide) groups is 1. The first-order chi connectivity index (χ1) is 11.6. The van der Waals surface area contributed by atoms with Crippen LogP contribution in [0.3, 0.4) is 0 Å². The molecule has 4 heteroatoms. The third kappa shape index (κ3) is 3.24. The molecular formula is C20H20O3S. The van der Waals surface area contributed by atoms with Crippen LogP contribution in [0.15, 0.2) is 65.6 Å². The zero-order valence-electron chi connectivity index (χ0n) is 13.4. The number of carbonyl (C=O) groups is 2. The molecule has 1 aliphatic rings. The van der Waals surface area contributed by atoms with E-state index in [0.717, 1.165) is 10.5 Å². The summed E-state index contributed by atoms with van der Waals surface area (Å²) in [7, 11) is 0. The zero-order valence-corrected chi connectivity index (χ0v) is 14.2. The third-order valence-electron chi connectivity index (χ3n) is 4.82. The molecule has 2 atom stereocenters. The summed E-state index contributed by atoms with van der Waals surface area (Å²) in [6.45, 7) is 0. The molecule has 3 rings (SSSR count). The first-order valence-corrected chi connectivity index (χ1v) is 9.10. The predicted octanol–water partition coefficient (Wildman–Crippen LogP) is 4.07. The van der Waals surface area contributed by atoms with Crippen LogP contribution in [0.2, 0.25) is 0 Å². The van der Waals surface area contributed by atoms with Crippen molar-refractivity contribution in [3.63, 3.8) is 0 Å². The van der Waals surface area contributed by atoms with E-state index < -0.39 is 11.4 Å². The maximum Gasteiger partial charge on any atom is 0.317 e. The Balaban J connectivity index is 1.83. The van der Waals surface area contributed by atoms with Crippen molar-refractivity contribution < 1.29 is 14.7 Å². The predicted molar refractivity (Wildman–Crippen MR) is 95.1 cm³/mol. The van der Waals surface area contributed by atoms with Gasteiger partial charge in [0.05, 0.1) is 0 Å². The topological polar surface area (TPSA) is 54.4 Å². The SMILES string of the molecule is O=C(O)C1(Cc2ccccc2)C(=O)CCC1CSc1ccccc1. The quantitative estimate of drug-likeness (QED) is 0.636. The highest BCUT2D eigenvalue weighted by molar-refractivity contribution is 7.99. The average molecular weight is 340 g/mol. The van der Waals surface area contributed by atoms with Gasteiger partial charge in [0.2, 0.25) is 0 Å². The van der Waals surface area contributed by atoms with Crippen LogP contribution in [-0.4, -0.2) is 22.6 Å². The van der Waals surface area contributed by atoms with Crippen LogP contribution in [0.1, 0.15) is 18.4 Å². The molecule has 1 aliphatic carbocycles. The van der Waals surface area contributed by atoms with Crippen molar-refractivity contribution >= 4 is 23.5 Å². The Kier molecular flexibility index (Phi) is 5.05. The van der Waals surface area contributed by atoms with Gasteiger partial charge in [0, 0.05) is 17.1 Å². The maximum absolute atomic E-state index is 12.6. The maximum atomic E-state index is 12.6. The molecule has 0 heterocycles. The van der Waals surface area contributed by atoms with Gasteiger partial charge in [0.25, 0.3) is 0 Å². The van der Waals surface area contributed by atoms with Gasteiger partial charge in [-0.05, 0) is 36.5 Å². The molecule has 0 aliphatic heterocycles. The summed E-state index contributed by atoms with van der Waals surface area (Å²) >= 11 is 1.63. The fourth-order valence-electron chi connectivity index (χ4n) is 3.47. The lowest BCUT2D eigenvalue weighted by Gasteiger charge is -2.30. The van der Waals surface area contributed by atoms with Crippen molar-refractivity contribution in [1.82, 2.24) is 0 Å². The first-order valence-electron chi connectivity index (χ1n) is 8.11. The number of hydrogen-bond donors (Lipinski definition) is 1. The van der Waals surface area contributed by atoms with E-state index in [1.54, 1.807) is 11.8 Å². The van der Waals surface area contributed by atoms with Crippen molar-refractivity contribution in [2.45, 2.75) is 24.2 Å². The minimum atomic E-state index is -1.29. The molecule has 0 spiro atoms. The number of rotatable bonds is 6.